The molecule has 9 nitrogen and oxygen atoms in total. The fourth-order valence-electron chi connectivity index (χ4n) is 1.82. The molecule has 2 rings (SSSR count). The molecule has 1 aliphatic rings. The minimum absolute atomic E-state index is 0.0506. The Bertz CT molecular complexity index is 551. The first-order valence-corrected chi connectivity index (χ1v) is 5.24. The molecule has 1 aromatic heterocycles. The minimum atomic E-state index is -1.03. The van der Waals surface area contributed by atoms with Crippen LogP contribution in [0.15, 0.2) is 22.2 Å². The summed E-state index contributed by atoms with van der Waals surface area (Å²) in [7, 11) is 0. The Kier molecular flexibility index (Phi) is 3.19. The molecule has 9 heteroatoms. The Morgan fingerprint density at radius 1 is 1.83 bits per heavy atom. The number of aliphatic hydroxyl groups is 1. The number of nitrogens with two attached hydrogens (primary N) is 1. The van der Waals surface area contributed by atoms with E-state index in [4.69, 9.17) is 16.0 Å². The highest BCUT2D eigenvalue weighted by atomic mass is 16.5. The molecular formula is C9H12N6O3. The highest BCUT2D eigenvalue weighted by molar-refractivity contribution is 5.23. The molecule has 1 fully saturated rings. The van der Waals surface area contributed by atoms with Crippen LogP contribution in [0.1, 0.15) is 12.6 Å². The van der Waals surface area contributed by atoms with Gasteiger partial charge in [-0.05, 0) is 11.6 Å². The summed E-state index contributed by atoms with van der Waals surface area (Å²) in [6, 6.07) is 1.47. The van der Waals surface area contributed by atoms with Gasteiger partial charge in [-0.25, -0.2) is 4.79 Å². The zero-order chi connectivity index (χ0) is 13.2. The van der Waals surface area contributed by atoms with E-state index in [1.165, 1.54) is 16.8 Å². The summed E-state index contributed by atoms with van der Waals surface area (Å²) in [4.78, 5) is 17.9. The van der Waals surface area contributed by atoms with Crippen molar-refractivity contribution in [1.29, 1.82) is 0 Å². The van der Waals surface area contributed by atoms with Gasteiger partial charge in [-0.2, -0.15) is 4.98 Å². The highest BCUT2D eigenvalue weighted by Gasteiger charge is 2.40. The SMILES string of the molecule is [N-]=[N+]=N[C@@]1(CO)CO[C@@H](n2ccc(N)nc2=O)C1. The monoisotopic (exact) mass is 252 g/mol. The number of hydrogen-bond donors (Lipinski definition) is 2. The van der Waals surface area contributed by atoms with Crippen LogP contribution < -0.4 is 11.4 Å². The lowest BCUT2D eigenvalue weighted by Gasteiger charge is -2.17. The van der Waals surface area contributed by atoms with Crippen molar-refractivity contribution in [1.82, 2.24) is 9.55 Å². The van der Waals surface area contributed by atoms with Crippen molar-refractivity contribution < 1.29 is 9.84 Å². The van der Waals surface area contributed by atoms with E-state index in [2.05, 4.69) is 15.0 Å². The largest absolute Gasteiger partial charge is 0.396 e. The van der Waals surface area contributed by atoms with Crippen molar-refractivity contribution in [3.63, 3.8) is 0 Å². The van der Waals surface area contributed by atoms with Gasteiger partial charge >= 0.3 is 5.69 Å². The third-order valence-corrected chi connectivity index (χ3v) is 2.81. The molecule has 1 saturated heterocycles. The average Bonchev–Trinajstić information content (AvgIpc) is 2.74. The van der Waals surface area contributed by atoms with Gasteiger partial charge in [0.25, 0.3) is 0 Å². The molecule has 2 atom stereocenters. The van der Waals surface area contributed by atoms with Crippen molar-refractivity contribution >= 4 is 5.82 Å². The van der Waals surface area contributed by atoms with Crippen molar-refractivity contribution in [3.05, 3.63) is 33.2 Å². The molecule has 0 unspecified atom stereocenters. The molecular weight excluding hydrogens is 240 g/mol. The number of hydrogen-bond acceptors (Lipinski definition) is 6. The molecule has 0 aromatic carbocycles. The number of aromatic nitrogens is 2. The normalized spacial score (nSPS) is 26.8. The number of nitrogen functional groups attached to an aromatic ring is 1. The molecule has 96 valence electrons. The lowest BCUT2D eigenvalue weighted by molar-refractivity contribution is 0.0473. The Balaban J connectivity index is 2.28. The topological polar surface area (TPSA) is 139 Å². The van der Waals surface area contributed by atoms with Gasteiger partial charge in [0.05, 0.1) is 18.8 Å². The Morgan fingerprint density at radius 2 is 2.61 bits per heavy atom. The van der Waals surface area contributed by atoms with E-state index in [1.54, 1.807) is 0 Å². The van der Waals surface area contributed by atoms with Crippen LogP contribution in [-0.2, 0) is 4.74 Å². The number of anilines is 1. The minimum Gasteiger partial charge on any atom is -0.396 e. The Labute approximate surface area is 101 Å². The second-order valence-electron chi connectivity index (χ2n) is 4.08. The Hall–Kier alpha value is -2.09. The molecule has 0 bridgehead atoms. The number of aliphatic hydroxyl groups excluding tert-OH is 1. The zero-order valence-corrected chi connectivity index (χ0v) is 9.43. The standard InChI is InChI=1S/C9H12N6O3/c10-6-1-2-15(8(17)12-6)7-3-9(4-16,5-18-7)13-14-11/h1-2,7,16H,3-5H2,(H2,10,12,17)/t7-,9+/m1/s1. The van der Waals surface area contributed by atoms with E-state index in [0.29, 0.717) is 0 Å². The fourth-order valence-corrected chi connectivity index (χ4v) is 1.82. The van der Waals surface area contributed by atoms with E-state index in [9.17, 15) is 9.90 Å². The molecule has 0 radical (unpaired) electrons. The first kappa shape index (κ1) is 12.4. The maximum Gasteiger partial charge on any atom is 0.351 e. The summed E-state index contributed by atoms with van der Waals surface area (Å²) in [5.41, 5.74) is 12.3. The van der Waals surface area contributed by atoms with Crippen LogP contribution in [-0.4, -0.2) is 33.4 Å². The predicted octanol–water partition coefficient (Wildman–Crippen LogP) is -0.214. The lowest BCUT2D eigenvalue weighted by Crippen LogP contribution is -2.32. The van der Waals surface area contributed by atoms with Crippen LogP contribution in [0.2, 0.25) is 0 Å². The molecule has 18 heavy (non-hydrogen) atoms. The van der Waals surface area contributed by atoms with Crippen molar-refractivity contribution in [2.45, 2.75) is 18.2 Å². The van der Waals surface area contributed by atoms with Crippen molar-refractivity contribution in [2.75, 3.05) is 18.9 Å². The highest BCUT2D eigenvalue weighted by Crippen LogP contribution is 2.33. The third-order valence-electron chi connectivity index (χ3n) is 2.81. The summed E-state index contributed by atoms with van der Waals surface area (Å²) in [5.74, 6) is 0.123. The summed E-state index contributed by atoms with van der Waals surface area (Å²) in [6.07, 6.45) is 1.04. The van der Waals surface area contributed by atoms with Crippen LogP contribution >= 0.6 is 0 Å². The molecule has 0 saturated carbocycles. The third kappa shape index (κ3) is 2.14. The first-order valence-electron chi connectivity index (χ1n) is 5.24. The lowest BCUT2D eigenvalue weighted by atomic mass is 10.0. The first-order chi connectivity index (χ1) is 8.60. The second kappa shape index (κ2) is 4.65. The number of ether oxygens (including phenoxy) is 1. The number of azide groups is 1. The van der Waals surface area contributed by atoms with E-state index in [-0.39, 0.29) is 25.5 Å². The molecule has 1 aliphatic heterocycles. The van der Waals surface area contributed by atoms with Gasteiger partial charge in [-0.1, -0.05) is 5.11 Å². The second-order valence-corrected chi connectivity index (χ2v) is 4.08. The quantitative estimate of drug-likeness (QED) is 0.435. The molecule has 3 N–H and O–H groups in total. The van der Waals surface area contributed by atoms with Gasteiger partial charge in [0, 0.05) is 17.5 Å². The average molecular weight is 252 g/mol. The van der Waals surface area contributed by atoms with Crippen LogP contribution in [0, 0.1) is 0 Å². The molecule has 1 aromatic rings. The van der Waals surface area contributed by atoms with Crippen LogP contribution in [0.4, 0.5) is 5.82 Å². The van der Waals surface area contributed by atoms with Gasteiger partial charge < -0.3 is 15.6 Å². The zero-order valence-electron chi connectivity index (χ0n) is 9.43. The molecule has 2 heterocycles. The maximum absolute atomic E-state index is 11.6. The smallest absolute Gasteiger partial charge is 0.351 e. The van der Waals surface area contributed by atoms with E-state index >= 15 is 0 Å². The van der Waals surface area contributed by atoms with Gasteiger partial charge in [-0.15, -0.1) is 0 Å². The van der Waals surface area contributed by atoms with Crippen LogP contribution in [0.25, 0.3) is 10.4 Å². The molecule has 0 spiro atoms. The van der Waals surface area contributed by atoms with Crippen LogP contribution in [0.3, 0.4) is 0 Å². The maximum atomic E-state index is 11.6. The van der Waals surface area contributed by atoms with Crippen molar-refractivity contribution in [3.8, 4) is 0 Å². The fraction of sp³-hybridized carbons (Fsp3) is 0.556. The number of nitrogens with zero attached hydrogens (tertiary/aromatic N) is 5. The van der Waals surface area contributed by atoms with Crippen molar-refractivity contribution in [2.24, 2.45) is 5.11 Å². The molecule has 0 aliphatic carbocycles. The van der Waals surface area contributed by atoms with Gasteiger partial charge in [-0.3, -0.25) is 4.57 Å². The van der Waals surface area contributed by atoms with E-state index < -0.39 is 17.5 Å². The van der Waals surface area contributed by atoms with Gasteiger partial charge in [0.1, 0.15) is 12.0 Å². The summed E-state index contributed by atoms with van der Waals surface area (Å²) >= 11 is 0. The van der Waals surface area contributed by atoms with Gasteiger partial charge in [0.2, 0.25) is 0 Å². The van der Waals surface area contributed by atoms with Crippen LogP contribution in [0.5, 0.6) is 0 Å². The van der Waals surface area contributed by atoms with E-state index in [1.807, 2.05) is 0 Å². The van der Waals surface area contributed by atoms with E-state index in [0.717, 1.165) is 0 Å². The summed E-state index contributed by atoms with van der Waals surface area (Å²) < 4.78 is 6.63. The number of rotatable bonds is 3. The van der Waals surface area contributed by atoms with Gasteiger partial charge in [0.15, 0.2) is 0 Å². The summed E-state index contributed by atoms with van der Waals surface area (Å²) in [5, 5.41) is 12.8. The predicted molar refractivity (Wildman–Crippen MR) is 61.5 cm³/mol. The Morgan fingerprint density at radius 3 is 3.22 bits per heavy atom. The summed E-state index contributed by atoms with van der Waals surface area (Å²) in [6.45, 7) is -0.292. The molecule has 0 amide bonds.